The second kappa shape index (κ2) is 7.16. The molecule has 6 heteroatoms. The Hall–Kier alpha value is -0.970. The van der Waals surface area contributed by atoms with Gasteiger partial charge in [-0.05, 0) is 36.8 Å². The lowest BCUT2D eigenvalue weighted by Crippen LogP contribution is -2.03. The first kappa shape index (κ1) is 15.4. The van der Waals surface area contributed by atoms with E-state index < -0.39 is 0 Å². The topological polar surface area (TPSA) is 24.9 Å². The third-order valence-corrected chi connectivity index (χ3v) is 4.17. The lowest BCUT2D eigenvalue weighted by molar-refractivity contribution is 0.626. The summed E-state index contributed by atoms with van der Waals surface area (Å²) in [7, 11) is 0. The maximum absolute atomic E-state index is 12.9. The predicted molar refractivity (Wildman–Crippen MR) is 83.6 cm³/mol. The molecular formula is C14H13Cl2FN2S. The van der Waals surface area contributed by atoms with E-state index in [1.165, 1.54) is 23.9 Å². The molecule has 2 nitrogen and oxygen atoms in total. The summed E-state index contributed by atoms with van der Waals surface area (Å²) in [6.45, 7) is 2.85. The van der Waals surface area contributed by atoms with Crippen LogP contribution in [0.3, 0.4) is 0 Å². The van der Waals surface area contributed by atoms with Crippen molar-refractivity contribution in [2.24, 2.45) is 0 Å². The number of halogens is 3. The molecule has 0 bridgehead atoms. The van der Waals surface area contributed by atoms with Crippen molar-refractivity contribution in [2.45, 2.75) is 23.3 Å². The van der Waals surface area contributed by atoms with E-state index >= 15 is 0 Å². The molecular weight excluding hydrogens is 318 g/mol. The van der Waals surface area contributed by atoms with Gasteiger partial charge >= 0.3 is 0 Å². The summed E-state index contributed by atoms with van der Waals surface area (Å²) in [5.74, 6) is 0.345. The Morgan fingerprint density at radius 2 is 1.90 bits per heavy atom. The summed E-state index contributed by atoms with van der Waals surface area (Å²) in [5.41, 5.74) is 0. The zero-order valence-corrected chi connectivity index (χ0v) is 13.1. The van der Waals surface area contributed by atoms with Crippen LogP contribution in [0.1, 0.15) is 13.3 Å². The number of benzene rings is 1. The second-order valence-electron chi connectivity index (χ2n) is 4.09. The summed E-state index contributed by atoms with van der Waals surface area (Å²) in [5, 5.41) is 4.76. The van der Waals surface area contributed by atoms with Crippen molar-refractivity contribution in [3.05, 3.63) is 46.2 Å². The zero-order valence-electron chi connectivity index (χ0n) is 10.8. The average Bonchev–Trinajstić information content (AvgIpc) is 2.43. The monoisotopic (exact) mass is 330 g/mol. The van der Waals surface area contributed by atoms with Crippen LogP contribution in [-0.4, -0.2) is 11.5 Å². The molecule has 1 aromatic carbocycles. The Bertz CT molecular complexity index is 590. The van der Waals surface area contributed by atoms with E-state index in [0.717, 1.165) is 17.9 Å². The number of hydrogen-bond acceptors (Lipinski definition) is 3. The van der Waals surface area contributed by atoms with Crippen molar-refractivity contribution in [1.29, 1.82) is 0 Å². The first-order valence-corrected chi connectivity index (χ1v) is 7.70. The Labute approximate surface area is 131 Å². The van der Waals surface area contributed by atoms with Crippen LogP contribution in [0.5, 0.6) is 0 Å². The Morgan fingerprint density at radius 3 is 2.55 bits per heavy atom. The molecule has 0 aliphatic carbocycles. The van der Waals surface area contributed by atoms with Crippen LogP contribution in [0, 0.1) is 5.82 Å². The van der Waals surface area contributed by atoms with Crippen molar-refractivity contribution in [3.8, 4) is 0 Å². The third-order valence-electron chi connectivity index (χ3n) is 2.47. The number of rotatable bonds is 5. The highest BCUT2D eigenvalue weighted by atomic mass is 35.5. The molecule has 1 aromatic heterocycles. The van der Waals surface area contributed by atoms with Gasteiger partial charge in [0.05, 0.1) is 10.0 Å². The molecule has 0 amide bonds. The van der Waals surface area contributed by atoms with Gasteiger partial charge in [0.2, 0.25) is 0 Å². The minimum Gasteiger partial charge on any atom is -0.369 e. The number of aromatic nitrogens is 1. The number of hydrogen-bond donors (Lipinski definition) is 1. The van der Waals surface area contributed by atoms with E-state index in [0.29, 0.717) is 20.9 Å². The maximum atomic E-state index is 12.9. The SMILES string of the molecule is CCCNc1nc(Sc2ccc(F)cc2)c(Cl)cc1Cl. The van der Waals surface area contributed by atoms with E-state index in [1.54, 1.807) is 18.2 Å². The third kappa shape index (κ3) is 4.01. The molecule has 0 radical (unpaired) electrons. The molecule has 0 atom stereocenters. The zero-order chi connectivity index (χ0) is 14.5. The number of nitrogens with zero attached hydrogens (tertiary/aromatic N) is 1. The van der Waals surface area contributed by atoms with Gasteiger partial charge in [0.15, 0.2) is 0 Å². The second-order valence-corrected chi connectivity index (χ2v) is 5.97. The minimum atomic E-state index is -0.269. The molecule has 0 spiro atoms. The summed E-state index contributed by atoms with van der Waals surface area (Å²) in [6, 6.07) is 7.85. The molecule has 0 unspecified atom stereocenters. The first-order valence-electron chi connectivity index (χ1n) is 6.13. The molecule has 1 N–H and O–H groups in total. The van der Waals surface area contributed by atoms with Gasteiger partial charge in [0.25, 0.3) is 0 Å². The first-order chi connectivity index (χ1) is 9.60. The molecule has 0 aliphatic rings. The van der Waals surface area contributed by atoms with Crippen LogP contribution in [0.4, 0.5) is 10.2 Å². The largest absolute Gasteiger partial charge is 0.369 e. The van der Waals surface area contributed by atoms with Crippen LogP contribution >= 0.6 is 35.0 Å². The van der Waals surface area contributed by atoms with Crippen molar-refractivity contribution >= 4 is 40.8 Å². The molecule has 0 saturated carbocycles. The highest BCUT2D eigenvalue weighted by Gasteiger charge is 2.10. The van der Waals surface area contributed by atoms with E-state index in [4.69, 9.17) is 23.2 Å². The highest BCUT2D eigenvalue weighted by molar-refractivity contribution is 7.99. The standard InChI is InChI=1S/C14H13Cl2FN2S/c1-2-7-18-13-11(15)8-12(16)14(19-13)20-10-5-3-9(17)4-6-10/h3-6,8H,2,7H2,1H3,(H,18,19). The fraction of sp³-hybridized carbons (Fsp3) is 0.214. The van der Waals surface area contributed by atoms with Gasteiger partial charge in [-0.1, -0.05) is 41.9 Å². The normalized spacial score (nSPS) is 10.6. The van der Waals surface area contributed by atoms with Crippen LogP contribution in [0.25, 0.3) is 0 Å². The summed E-state index contributed by atoms with van der Waals surface area (Å²) >= 11 is 13.6. The quantitative estimate of drug-likeness (QED) is 0.783. The van der Waals surface area contributed by atoms with Crippen molar-refractivity contribution in [3.63, 3.8) is 0 Å². The van der Waals surface area contributed by atoms with Gasteiger partial charge in [-0.2, -0.15) is 0 Å². The Kier molecular flexibility index (Phi) is 5.52. The predicted octanol–water partition coefficient (Wildman–Crippen LogP) is 5.50. The van der Waals surface area contributed by atoms with Crippen LogP contribution < -0.4 is 5.32 Å². The molecule has 2 rings (SSSR count). The molecule has 0 saturated heterocycles. The van der Waals surface area contributed by atoms with Crippen LogP contribution in [0.15, 0.2) is 40.3 Å². The molecule has 0 aliphatic heterocycles. The fourth-order valence-electron chi connectivity index (χ4n) is 1.50. The van der Waals surface area contributed by atoms with E-state index in [1.807, 2.05) is 0 Å². The van der Waals surface area contributed by atoms with E-state index in [9.17, 15) is 4.39 Å². The van der Waals surface area contributed by atoms with Crippen molar-refractivity contribution in [1.82, 2.24) is 4.98 Å². The number of nitrogens with one attached hydrogen (secondary N) is 1. The summed E-state index contributed by atoms with van der Waals surface area (Å²) in [6.07, 6.45) is 0.973. The van der Waals surface area contributed by atoms with Gasteiger partial charge in [0, 0.05) is 11.4 Å². The van der Waals surface area contributed by atoms with Gasteiger partial charge < -0.3 is 5.32 Å². The maximum Gasteiger partial charge on any atom is 0.146 e. The minimum absolute atomic E-state index is 0.269. The lowest BCUT2D eigenvalue weighted by atomic mass is 10.4. The van der Waals surface area contributed by atoms with Gasteiger partial charge in [-0.25, -0.2) is 9.37 Å². The Morgan fingerprint density at radius 1 is 1.20 bits per heavy atom. The van der Waals surface area contributed by atoms with Gasteiger partial charge in [-0.3, -0.25) is 0 Å². The van der Waals surface area contributed by atoms with Crippen molar-refractivity contribution < 1.29 is 4.39 Å². The number of anilines is 1. The van der Waals surface area contributed by atoms with Crippen molar-refractivity contribution in [2.75, 3.05) is 11.9 Å². The number of pyridine rings is 1. The molecule has 2 aromatic rings. The Balaban J connectivity index is 2.24. The molecule has 20 heavy (non-hydrogen) atoms. The lowest BCUT2D eigenvalue weighted by Gasteiger charge is -2.10. The van der Waals surface area contributed by atoms with E-state index in [-0.39, 0.29) is 5.82 Å². The smallest absolute Gasteiger partial charge is 0.146 e. The van der Waals surface area contributed by atoms with Crippen LogP contribution in [-0.2, 0) is 0 Å². The molecule has 1 heterocycles. The average molecular weight is 331 g/mol. The van der Waals surface area contributed by atoms with E-state index in [2.05, 4.69) is 17.2 Å². The highest BCUT2D eigenvalue weighted by Crippen LogP contribution is 2.35. The molecule has 0 fully saturated rings. The molecule has 106 valence electrons. The fourth-order valence-corrected chi connectivity index (χ4v) is 2.83. The van der Waals surface area contributed by atoms with Crippen LogP contribution in [0.2, 0.25) is 10.0 Å². The summed E-state index contributed by atoms with van der Waals surface area (Å²) in [4.78, 5) is 5.29. The van der Waals surface area contributed by atoms with Gasteiger partial charge in [-0.15, -0.1) is 0 Å². The van der Waals surface area contributed by atoms with Gasteiger partial charge in [0.1, 0.15) is 16.7 Å². The summed E-state index contributed by atoms with van der Waals surface area (Å²) < 4.78 is 12.9.